The Balaban J connectivity index is 1.43. The Kier molecular flexibility index (Phi) is 11.1. The van der Waals surface area contributed by atoms with Gasteiger partial charge in [-0.05, 0) is 28.7 Å². The summed E-state index contributed by atoms with van der Waals surface area (Å²) in [5.74, 6) is 0. The maximum Gasteiger partial charge on any atom is 0.410 e. The van der Waals surface area contributed by atoms with Crippen molar-refractivity contribution in [3.8, 4) is 0 Å². The third kappa shape index (κ3) is 8.64. The van der Waals surface area contributed by atoms with Crippen molar-refractivity contribution in [3.05, 3.63) is 156 Å². The molecule has 4 atom stereocenters. The fourth-order valence-corrected chi connectivity index (χ4v) is 5.35. The van der Waals surface area contributed by atoms with Gasteiger partial charge in [-0.15, -0.1) is 6.58 Å². The van der Waals surface area contributed by atoms with E-state index in [9.17, 15) is 4.79 Å². The van der Waals surface area contributed by atoms with E-state index in [0.29, 0.717) is 32.8 Å². The van der Waals surface area contributed by atoms with Gasteiger partial charge in [0.15, 0.2) is 0 Å². The number of carbonyl (C=O) groups excluding carboxylic acids is 1. The highest BCUT2D eigenvalue weighted by Crippen LogP contribution is 2.31. The van der Waals surface area contributed by atoms with Crippen LogP contribution in [0.2, 0.25) is 0 Å². The van der Waals surface area contributed by atoms with E-state index in [1.54, 1.807) is 4.90 Å². The Morgan fingerprint density at radius 3 is 1.51 bits per heavy atom. The van der Waals surface area contributed by atoms with Crippen LogP contribution in [0.25, 0.3) is 0 Å². The van der Waals surface area contributed by atoms with Crippen LogP contribution in [0.15, 0.2) is 134 Å². The summed E-state index contributed by atoms with van der Waals surface area (Å²) in [4.78, 5) is 15.4. The van der Waals surface area contributed by atoms with Crippen LogP contribution in [0.1, 0.15) is 28.7 Å². The molecule has 4 aromatic carbocycles. The fraction of sp³-hybridized carbons (Fsp3) is 0.270. The molecule has 0 N–H and O–H groups in total. The molecule has 5 rings (SSSR count). The van der Waals surface area contributed by atoms with Crippen LogP contribution in [0.4, 0.5) is 4.79 Å². The first kappa shape index (κ1) is 30.2. The van der Waals surface area contributed by atoms with Gasteiger partial charge in [0.05, 0.1) is 32.4 Å². The number of rotatable bonds is 13. The van der Waals surface area contributed by atoms with E-state index in [-0.39, 0.29) is 12.6 Å². The van der Waals surface area contributed by atoms with Crippen molar-refractivity contribution in [1.82, 2.24) is 4.90 Å². The number of ether oxygens (including phenoxy) is 4. The number of likely N-dealkylation sites (tertiary alicyclic amines) is 1. The Labute approximate surface area is 254 Å². The molecule has 0 aliphatic carbocycles. The predicted octanol–water partition coefficient (Wildman–Crippen LogP) is 7.34. The first-order valence-corrected chi connectivity index (χ1v) is 14.8. The van der Waals surface area contributed by atoms with E-state index < -0.39 is 24.4 Å². The standard InChI is InChI=1S/C37H39NO5/c1-2-15-33-35(41-26-30-18-9-4-10-19-30)36(42-27-31-20-11-5-12-21-31)34(40-25-29-16-7-3-8-17-29)24-38(33)37(39)43-28-32-22-13-6-14-23-32/h2-14,16-23,33-36H,1,15,24-28H2/t33-,34+,35-,36-/m0/s1. The van der Waals surface area contributed by atoms with Gasteiger partial charge in [-0.2, -0.15) is 0 Å². The van der Waals surface area contributed by atoms with Crippen molar-refractivity contribution in [2.75, 3.05) is 6.54 Å². The topological polar surface area (TPSA) is 57.2 Å². The van der Waals surface area contributed by atoms with Crippen LogP contribution in [-0.4, -0.2) is 41.9 Å². The molecule has 1 aliphatic heterocycles. The van der Waals surface area contributed by atoms with Crippen LogP contribution < -0.4 is 0 Å². The SMILES string of the molecule is C=CC[C@H]1[C@H](OCc2ccccc2)[C@@H](OCc2ccccc2)[C@H](OCc2ccccc2)CN1C(=O)OCc1ccccc1. The number of piperidine rings is 1. The first-order valence-electron chi connectivity index (χ1n) is 14.8. The van der Waals surface area contributed by atoms with Crippen molar-refractivity contribution in [3.63, 3.8) is 0 Å². The highest BCUT2D eigenvalue weighted by Gasteiger charge is 2.47. The van der Waals surface area contributed by atoms with Crippen LogP contribution in [0.5, 0.6) is 0 Å². The van der Waals surface area contributed by atoms with Crippen molar-refractivity contribution in [1.29, 1.82) is 0 Å². The molecule has 43 heavy (non-hydrogen) atoms. The van der Waals surface area contributed by atoms with Gasteiger partial charge in [-0.3, -0.25) is 4.90 Å². The Morgan fingerprint density at radius 1 is 0.628 bits per heavy atom. The molecular weight excluding hydrogens is 538 g/mol. The molecule has 0 saturated carbocycles. The summed E-state index contributed by atoms with van der Waals surface area (Å²) >= 11 is 0. The summed E-state index contributed by atoms with van der Waals surface area (Å²) in [6, 6.07) is 39.4. The monoisotopic (exact) mass is 577 g/mol. The molecule has 222 valence electrons. The molecule has 6 nitrogen and oxygen atoms in total. The highest BCUT2D eigenvalue weighted by molar-refractivity contribution is 5.68. The second-order valence-corrected chi connectivity index (χ2v) is 10.6. The van der Waals surface area contributed by atoms with Crippen LogP contribution in [0, 0.1) is 0 Å². The first-order chi connectivity index (χ1) is 21.2. The summed E-state index contributed by atoms with van der Waals surface area (Å²) in [6.45, 7) is 5.60. The lowest BCUT2D eigenvalue weighted by atomic mass is 9.91. The van der Waals surface area contributed by atoms with Gasteiger partial charge in [0.25, 0.3) is 0 Å². The van der Waals surface area contributed by atoms with Gasteiger partial charge in [0.2, 0.25) is 0 Å². The van der Waals surface area contributed by atoms with E-state index >= 15 is 0 Å². The van der Waals surface area contributed by atoms with Gasteiger partial charge < -0.3 is 18.9 Å². The molecule has 1 saturated heterocycles. The van der Waals surface area contributed by atoms with Crippen LogP contribution in [0.3, 0.4) is 0 Å². The largest absolute Gasteiger partial charge is 0.445 e. The van der Waals surface area contributed by atoms with Gasteiger partial charge >= 0.3 is 6.09 Å². The van der Waals surface area contributed by atoms with E-state index in [4.69, 9.17) is 18.9 Å². The second-order valence-electron chi connectivity index (χ2n) is 10.6. The molecule has 1 amide bonds. The van der Waals surface area contributed by atoms with Gasteiger partial charge in [0.1, 0.15) is 24.9 Å². The smallest absolute Gasteiger partial charge is 0.410 e. The quantitative estimate of drug-likeness (QED) is 0.156. The highest BCUT2D eigenvalue weighted by atomic mass is 16.6. The summed E-state index contributed by atoms with van der Waals surface area (Å²) < 4.78 is 25.7. The molecule has 4 aromatic rings. The zero-order chi connectivity index (χ0) is 29.7. The lowest BCUT2D eigenvalue weighted by Gasteiger charge is -2.47. The van der Waals surface area contributed by atoms with Crippen molar-refractivity contribution in [2.24, 2.45) is 0 Å². The molecular formula is C37H39NO5. The van der Waals surface area contributed by atoms with E-state index in [2.05, 4.69) is 6.58 Å². The fourth-order valence-electron chi connectivity index (χ4n) is 5.35. The molecule has 0 unspecified atom stereocenters. The average Bonchev–Trinajstić information content (AvgIpc) is 3.07. The summed E-state index contributed by atoms with van der Waals surface area (Å²) in [5, 5.41) is 0. The maximum absolute atomic E-state index is 13.7. The Morgan fingerprint density at radius 2 is 1.05 bits per heavy atom. The Hall–Kier alpha value is -4.23. The van der Waals surface area contributed by atoms with E-state index in [0.717, 1.165) is 22.3 Å². The molecule has 0 bridgehead atoms. The molecule has 0 spiro atoms. The maximum atomic E-state index is 13.7. The van der Waals surface area contributed by atoms with Crippen LogP contribution in [-0.2, 0) is 45.4 Å². The lowest BCUT2D eigenvalue weighted by Crippen LogP contribution is -2.64. The molecule has 1 aliphatic rings. The van der Waals surface area contributed by atoms with Crippen LogP contribution >= 0.6 is 0 Å². The number of hydrogen-bond donors (Lipinski definition) is 0. The number of amides is 1. The third-order valence-electron chi connectivity index (χ3n) is 7.57. The minimum atomic E-state index is -0.499. The van der Waals surface area contributed by atoms with Gasteiger partial charge in [-0.1, -0.05) is 127 Å². The van der Waals surface area contributed by atoms with E-state index in [1.807, 2.05) is 127 Å². The van der Waals surface area contributed by atoms with E-state index in [1.165, 1.54) is 0 Å². The molecule has 1 fully saturated rings. The molecule has 6 heteroatoms. The summed E-state index contributed by atoms with van der Waals surface area (Å²) in [6.07, 6.45) is 0.502. The summed E-state index contributed by atoms with van der Waals surface area (Å²) in [5.41, 5.74) is 4.05. The lowest BCUT2D eigenvalue weighted by molar-refractivity contribution is -0.197. The molecule has 1 heterocycles. The Bertz CT molecular complexity index is 1380. The normalized spacial score (nSPS) is 20.0. The van der Waals surface area contributed by atoms with Crippen molar-refractivity contribution >= 4 is 6.09 Å². The molecule has 0 aromatic heterocycles. The molecule has 0 radical (unpaired) electrons. The zero-order valence-electron chi connectivity index (χ0n) is 24.4. The predicted molar refractivity (Wildman–Crippen MR) is 167 cm³/mol. The van der Waals surface area contributed by atoms with Gasteiger partial charge in [-0.25, -0.2) is 4.79 Å². The average molecular weight is 578 g/mol. The minimum Gasteiger partial charge on any atom is -0.445 e. The number of benzene rings is 4. The number of hydrogen-bond acceptors (Lipinski definition) is 5. The number of carbonyl (C=O) groups is 1. The number of nitrogens with zero attached hydrogens (tertiary/aromatic N) is 1. The minimum absolute atomic E-state index is 0.177. The summed E-state index contributed by atoms with van der Waals surface area (Å²) in [7, 11) is 0. The second kappa shape index (κ2) is 15.8. The van der Waals surface area contributed by atoms with Gasteiger partial charge in [0, 0.05) is 0 Å². The van der Waals surface area contributed by atoms with Crippen molar-refractivity contribution in [2.45, 2.75) is 57.2 Å². The zero-order valence-corrected chi connectivity index (χ0v) is 24.4. The van der Waals surface area contributed by atoms with Crippen molar-refractivity contribution < 1.29 is 23.7 Å². The third-order valence-corrected chi connectivity index (χ3v) is 7.57.